The Balaban J connectivity index is 1.68. The van der Waals surface area contributed by atoms with Crippen molar-refractivity contribution in [3.63, 3.8) is 0 Å². The van der Waals surface area contributed by atoms with Crippen LogP contribution in [0.5, 0.6) is 0 Å². The van der Waals surface area contributed by atoms with Crippen LogP contribution in [0.4, 0.5) is 20.4 Å². The van der Waals surface area contributed by atoms with Gasteiger partial charge in [0, 0.05) is 35.9 Å². The zero-order chi connectivity index (χ0) is 23.5. The molecule has 1 aromatic carbocycles. The third-order valence-corrected chi connectivity index (χ3v) is 5.38. The monoisotopic (exact) mass is 469 g/mol. The highest BCUT2D eigenvalue weighted by Crippen LogP contribution is 2.25. The Morgan fingerprint density at radius 2 is 1.97 bits per heavy atom. The van der Waals surface area contributed by atoms with E-state index in [1.54, 1.807) is 18.5 Å². The zero-order valence-electron chi connectivity index (χ0n) is 17.3. The first-order valence-corrected chi connectivity index (χ1v) is 10.2. The van der Waals surface area contributed by atoms with Crippen LogP contribution in [0.1, 0.15) is 17.2 Å². The van der Waals surface area contributed by atoms with Gasteiger partial charge in [0.1, 0.15) is 11.5 Å². The molecular formula is C23H18ClF2N5O2. The summed E-state index contributed by atoms with van der Waals surface area (Å²) in [6.07, 6.45) is 5.67. The summed E-state index contributed by atoms with van der Waals surface area (Å²) < 4.78 is 29.6. The highest BCUT2D eigenvalue weighted by Gasteiger charge is 2.18. The van der Waals surface area contributed by atoms with E-state index in [-0.39, 0.29) is 22.2 Å². The summed E-state index contributed by atoms with van der Waals surface area (Å²) in [5, 5.41) is 12.8. The molecule has 10 heteroatoms. The molecule has 0 aliphatic heterocycles. The Hall–Kier alpha value is -3.69. The number of benzene rings is 1. The summed E-state index contributed by atoms with van der Waals surface area (Å²) in [7, 11) is 0. The number of rotatable bonds is 6. The molecule has 7 nitrogen and oxygen atoms in total. The molecular weight excluding hydrogens is 452 g/mol. The van der Waals surface area contributed by atoms with Crippen molar-refractivity contribution in [3.8, 4) is 11.3 Å². The predicted octanol–water partition coefficient (Wildman–Crippen LogP) is 4.27. The average molecular weight is 470 g/mol. The number of pyridine rings is 2. The minimum Gasteiger partial charge on any atom is -0.394 e. The van der Waals surface area contributed by atoms with E-state index in [2.05, 4.69) is 20.3 Å². The Labute approximate surface area is 192 Å². The van der Waals surface area contributed by atoms with Gasteiger partial charge in [-0.1, -0.05) is 17.7 Å². The molecule has 3 heterocycles. The van der Waals surface area contributed by atoms with Crippen molar-refractivity contribution in [1.29, 1.82) is 0 Å². The third kappa shape index (κ3) is 4.74. The van der Waals surface area contributed by atoms with E-state index >= 15 is 0 Å². The number of anilines is 2. The van der Waals surface area contributed by atoms with Gasteiger partial charge in [-0.25, -0.2) is 18.7 Å². The van der Waals surface area contributed by atoms with Crippen LogP contribution in [0.2, 0.25) is 5.02 Å². The molecule has 0 amide bonds. The van der Waals surface area contributed by atoms with Crippen LogP contribution in [0, 0.1) is 18.6 Å². The average Bonchev–Trinajstić information content (AvgIpc) is 2.80. The van der Waals surface area contributed by atoms with Gasteiger partial charge >= 0.3 is 0 Å². The van der Waals surface area contributed by atoms with Gasteiger partial charge in [-0.15, -0.1) is 0 Å². The van der Waals surface area contributed by atoms with Crippen molar-refractivity contribution in [1.82, 2.24) is 19.5 Å². The number of aromatic nitrogens is 4. The number of aliphatic hydroxyl groups excluding tert-OH is 1. The number of nitrogens with one attached hydrogen (secondary N) is 1. The molecule has 1 atom stereocenters. The van der Waals surface area contributed by atoms with Crippen molar-refractivity contribution in [2.45, 2.75) is 13.0 Å². The lowest BCUT2D eigenvalue weighted by Gasteiger charge is -2.19. The molecule has 0 aliphatic carbocycles. The van der Waals surface area contributed by atoms with Gasteiger partial charge in [0.25, 0.3) is 5.56 Å². The molecule has 0 saturated heterocycles. The van der Waals surface area contributed by atoms with Crippen LogP contribution in [0.25, 0.3) is 11.3 Å². The van der Waals surface area contributed by atoms with Gasteiger partial charge in [-0.05, 0) is 42.3 Å². The number of halogens is 3. The molecule has 33 heavy (non-hydrogen) atoms. The maximum Gasteiger partial charge on any atom is 0.251 e. The summed E-state index contributed by atoms with van der Waals surface area (Å²) in [4.78, 5) is 25.0. The molecule has 3 aromatic heterocycles. The molecule has 4 rings (SSSR count). The van der Waals surface area contributed by atoms with Gasteiger partial charge < -0.3 is 15.0 Å². The SMILES string of the molecule is Cc1cnccc1Nc1ncc(F)c(-c2ccn([C@H](CO)c3ccc(Cl)c(F)c3)c(=O)c2)n1. The van der Waals surface area contributed by atoms with Crippen LogP contribution in [0.15, 0.2) is 66.0 Å². The van der Waals surface area contributed by atoms with E-state index in [9.17, 15) is 18.7 Å². The summed E-state index contributed by atoms with van der Waals surface area (Å²) in [6.45, 7) is 1.39. The van der Waals surface area contributed by atoms with Gasteiger partial charge in [0.15, 0.2) is 5.82 Å². The lowest BCUT2D eigenvalue weighted by molar-refractivity contribution is 0.247. The molecule has 0 aliphatic rings. The Morgan fingerprint density at radius 3 is 2.67 bits per heavy atom. The standard InChI is InChI=1S/C23H18ClF2N5O2/c1-13-10-27-6-4-19(13)29-23-28-11-18(26)22(30-23)15-5-7-31(21(33)9-15)20(12-32)14-2-3-16(24)17(25)8-14/h2-11,20,32H,12H2,1H3,(H,27,28,29,30)/t20-/m1/s1. The van der Waals surface area contributed by atoms with E-state index in [1.807, 2.05) is 6.92 Å². The second kappa shape index (κ2) is 9.43. The number of nitrogens with zero attached hydrogens (tertiary/aromatic N) is 4. The molecule has 0 spiro atoms. The van der Waals surface area contributed by atoms with Crippen LogP contribution in [-0.2, 0) is 0 Å². The highest BCUT2D eigenvalue weighted by molar-refractivity contribution is 6.30. The van der Waals surface area contributed by atoms with E-state index in [4.69, 9.17) is 11.6 Å². The lowest BCUT2D eigenvalue weighted by Crippen LogP contribution is -2.27. The Kier molecular flexibility index (Phi) is 6.43. The van der Waals surface area contributed by atoms with E-state index in [1.165, 1.54) is 35.0 Å². The number of hydrogen-bond donors (Lipinski definition) is 2. The molecule has 0 bridgehead atoms. The molecule has 0 saturated carbocycles. The van der Waals surface area contributed by atoms with Crippen LogP contribution in [0.3, 0.4) is 0 Å². The molecule has 2 N–H and O–H groups in total. The molecule has 168 valence electrons. The predicted molar refractivity (Wildman–Crippen MR) is 121 cm³/mol. The maximum atomic E-state index is 14.5. The smallest absolute Gasteiger partial charge is 0.251 e. The Bertz CT molecular complexity index is 1380. The minimum atomic E-state index is -0.847. The van der Waals surface area contributed by atoms with Gasteiger partial charge in [0.2, 0.25) is 5.95 Å². The largest absolute Gasteiger partial charge is 0.394 e. The number of aryl methyl sites for hydroxylation is 1. The van der Waals surface area contributed by atoms with Crippen LogP contribution in [-0.4, -0.2) is 31.2 Å². The van der Waals surface area contributed by atoms with Gasteiger partial charge in [-0.3, -0.25) is 9.78 Å². The number of hydrogen-bond acceptors (Lipinski definition) is 6. The molecule has 4 aromatic rings. The zero-order valence-corrected chi connectivity index (χ0v) is 18.1. The van der Waals surface area contributed by atoms with E-state index in [0.717, 1.165) is 17.8 Å². The quantitative estimate of drug-likeness (QED) is 0.438. The van der Waals surface area contributed by atoms with Crippen molar-refractivity contribution < 1.29 is 13.9 Å². The fourth-order valence-electron chi connectivity index (χ4n) is 3.33. The first-order chi connectivity index (χ1) is 15.9. The molecule has 0 radical (unpaired) electrons. The van der Waals surface area contributed by atoms with Crippen molar-refractivity contribution >= 4 is 23.2 Å². The fourth-order valence-corrected chi connectivity index (χ4v) is 3.45. The number of aliphatic hydroxyl groups is 1. The van der Waals surface area contributed by atoms with Crippen LogP contribution < -0.4 is 10.9 Å². The van der Waals surface area contributed by atoms with E-state index < -0.39 is 29.8 Å². The summed E-state index contributed by atoms with van der Waals surface area (Å²) >= 11 is 5.72. The van der Waals surface area contributed by atoms with Crippen molar-refractivity contribution in [2.75, 3.05) is 11.9 Å². The summed E-state index contributed by atoms with van der Waals surface area (Å²) in [5.74, 6) is -1.22. The van der Waals surface area contributed by atoms with Crippen LogP contribution >= 0.6 is 11.6 Å². The van der Waals surface area contributed by atoms with Gasteiger partial charge in [-0.2, -0.15) is 0 Å². The Morgan fingerprint density at radius 1 is 1.15 bits per heavy atom. The minimum absolute atomic E-state index is 0.0660. The summed E-state index contributed by atoms with van der Waals surface area (Å²) in [5.41, 5.74) is 1.55. The van der Waals surface area contributed by atoms with Crippen molar-refractivity contribution in [2.24, 2.45) is 0 Å². The molecule has 0 fully saturated rings. The summed E-state index contributed by atoms with van der Waals surface area (Å²) in [6, 6.07) is 7.61. The first-order valence-electron chi connectivity index (χ1n) is 9.86. The normalized spacial score (nSPS) is 11.9. The topological polar surface area (TPSA) is 92.9 Å². The fraction of sp³-hybridized carbons (Fsp3) is 0.130. The lowest BCUT2D eigenvalue weighted by atomic mass is 10.1. The first kappa shape index (κ1) is 22.5. The third-order valence-electron chi connectivity index (χ3n) is 5.07. The van der Waals surface area contributed by atoms with Crippen molar-refractivity contribution in [3.05, 3.63) is 99.3 Å². The second-order valence-corrected chi connectivity index (χ2v) is 7.65. The maximum absolute atomic E-state index is 14.5. The van der Waals surface area contributed by atoms with E-state index in [0.29, 0.717) is 11.3 Å². The van der Waals surface area contributed by atoms with Gasteiger partial charge in [0.05, 0.1) is 23.9 Å². The molecule has 0 unspecified atom stereocenters. The highest BCUT2D eigenvalue weighted by atomic mass is 35.5. The second-order valence-electron chi connectivity index (χ2n) is 7.24.